The lowest BCUT2D eigenvalue weighted by molar-refractivity contribution is 0.0849. The molecule has 19 heavy (non-hydrogen) atoms. The average Bonchev–Trinajstić information content (AvgIpc) is 2.45. The van der Waals surface area contributed by atoms with Gasteiger partial charge in [0.2, 0.25) is 0 Å². The van der Waals surface area contributed by atoms with Gasteiger partial charge in [0.1, 0.15) is 16.6 Å². The van der Waals surface area contributed by atoms with Crippen LogP contribution in [0.25, 0.3) is 0 Å². The van der Waals surface area contributed by atoms with Gasteiger partial charge in [-0.1, -0.05) is 49.5 Å². The first kappa shape index (κ1) is 13.9. The zero-order chi connectivity index (χ0) is 13.7. The quantitative estimate of drug-likeness (QED) is 0.842. The molecule has 0 aliphatic carbocycles. The zero-order valence-electron chi connectivity index (χ0n) is 11.2. The Balaban J connectivity index is 2.44. The van der Waals surface area contributed by atoms with E-state index in [0.29, 0.717) is 11.2 Å². The highest BCUT2D eigenvalue weighted by Crippen LogP contribution is 2.23. The molecule has 0 saturated heterocycles. The summed E-state index contributed by atoms with van der Waals surface area (Å²) in [4.78, 5) is 7.73. The molecule has 0 fully saturated rings. The summed E-state index contributed by atoms with van der Waals surface area (Å²) < 4.78 is 6.43. The van der Waals surface area contributed by atoms with Crippen molar-refractivity contribution in [3.63, 3.8) is 0 Å². The second kappa shape index (κ2) is 6.59. The van der Waals surface area contributed by atoms with Crippen molar-refractivity contribution in [1.82, 2.24) is 9.97 Å². The monoisotopic (exact) mass is 274 g/mol. The Bertz CT molecular complexity index is 580. The summed E-state index contributed by atoms with van der Waals surface area (Å²) in [5, 5.41) is 0. The molecule has 1 N–H and O–H groups in total. The second-order valence-electron chi connectivity index (χ2n) is 4.23. The van der Waals surface area contributed by atoms with E-state index in [9.17, 15) is 0 Å². The van der Waals surface area contributed by atoms with E-state index in [-0.39, 0.29) is 6.10 Å². The summed E-state index contributed by atoms with van der Waals surface area (Å²) >= 11 is 5.22. The van der Waals surface area contributed by atoms with Crippen molar-refractivity contribution in [2.75, 3.05) is 6.61 Å². The van der Waals surface area contributed by atoms with E-state index in [1.807, 2.05) is 43.3 Å². The fraction of sp³-hybridized carbons (Fsp3) is 0.333. The van der Waals surface area contributed by atoms with Gasteiger partial charge in [-0.2, -0.15) is 0 Å². The fourth-order valence-corrected chi connectivity index (χ4v) is 2.21. The minimum atomic E-state index is -0.195. The van der Waals surface area contributed by atoms with Crippen LogP contribution in [0.5, 0.6) is 0 Å². The number of benzene rings is 1. The molecule has 100 valence electrons. The largest absolute Gasteiger partial charge is 0.366 e. The van der Waals surface area contributed by atoms with Gasteiger partial charge in [-0.3, -0.25) is 0 Å². The summed E-state index contributed by atoms with van der Waals surface area (Å²) in [6.45, 7) is 4.69. The third kappa shape index (κ3) is 3.49. The van der Waals surface area contributed by atoms with Crippen molar-refractivity contribution in [3.8, 4) is 0 Å². The van der Waals surface area contributed by atoms with Crippen molar-refractivity contribution in [1.29, 1.82) is 0 Å². The summed E-state index contributed by atoms with van der Waals surface area (Å²) in [5.74, 6) is 0.775. The van der Waals surface area contributed by atoms with Crippen LogP contribution in [0.1, 0.15) is 37.0 Å². The average molecular weight is 274 g/mol. The molecule has 0 spiro atoms. The molecule has 0 aliphatic rings. The van der Waals surface area contributed by atoms with Gasteiger partial charge in [0.05, 0.1) is 0 Å². The molecule has 0 radical (unpaired) electrons. The van der Waals surface area contributed by atoms with E-state index in [2.05, 4.69) is 16.9 Å². The lowest BCUT2D eigenvalue weighted by Crippen LogP contribution is -2.11. The Morgan fingerprint density at radius 3 is 2.63 bits per heavy atom. The van der Waals surface area contributed by atoms with Gasteiger partial charge in [0.25, 0.3) is 0 Å². The minimum Gasteiger partial charge on any atom is -0.366 e. The first-order chi connectivity index (χ1) is 9.24. The first-order valence-electron chi connectivity index (χ1n) is 6.51. The van der Waals surface area contributed by atoms with E-state index < -0.39 is 0 Å². The molecule has 0 aliphatic heterocycles. The Morgan fingerprint density at radius 1 is 1.26 bits per heavy atom. The van der Waals surface area contributed by atoms with E-state index in [0.717, 1.165) is 23.5 Å². The number of aromatic nitrogens is 2. The highest BCUT2D eigenvalue weighted by molar-refractivity contribution is 7.71. The lowest BCUT2D eigenvalue weighted by Gasteiger charge is -2.17. The Morgan fingerprint density at radius 2 is 2.00 bits per heavy atom. The number of aromatic amines is 1. The molecule has 3 nitrogen and oxygen atoms in total. The molecule has 1 unspecified atom stereocenters. The SMILES string of the molecule is CCOC(c1ccccc1)c1nc(=S)cc(CC)[nH]1. The predicted molar refractivity (Wildman–Crippen MR) is 78.7 cm³/mol. The van der Waals surface area contributed by atoms with Crippen molar-refractivity contribution in [2.45, 2.75) is 26.4 Å². The number of hydrogen-bond donors (Lipinski definition) is 1. The molecule has 1 aromatic carbocycles. The molecule has 2 rings (SSSR count). The molecule has 0 bridgehead atoms. The second-order valence-corrected chi connectivity index (χ2v) is 4.65. The lowest BCUT2D eigenvalue weighted by atomic mass is 10.1. The van der Waals surface area contributed by atoms with Crippen molar-refractivity contribution in [2.24, 2.45) is 0 Å². The molecule has 0 saturated carbocycles. The number of H-pyrrole nitrogens is 1. The normalized spacial score (nSPS) is 12.3. The first-order valence-corrected chi connectivity index (χ1v) is 6.92. The van der Waals surface area contributed by atoms with Gasteiger partial charge in [-0.15, -0.1) is 0 Å². The van der Waals surface area contributed by atoms with Crippen molar-refractivity contribution >= 4 is 12.2 Å². The maximum absolute atomic E-state index is 5.83. The molecule has 4 heteroatoms. The standard InChI is InChI=1S/C15H18N2OS/c1-3-12-10-13(19)17-15(16-12)14(18-4-2)11-8-6-5-7-9-11/h5-10,14H,3-4H2,1-2H3,(H,16,17,19). The Kier molecular flexibility index (Phi) is 4.82. The van der Waals surface area contributed by atoms with E-state index in [1.165, 1.54) is 0 Å². The zero-order valence-corrected chi connectivity index (χ0v) is 12.0. The number of aryl methyl sites for hydroxylation is 1. The molecule has 0 amide bonds. The van der Waals surface area contributed by atoms with Gasteiger partial charge >= 0.3 is 0 Å². The van der Waals surface area contributed by atoms with Gasteiger partial charge < -0.3 is 9.72 Å². The molecular weight excluding hydrogens is 256 g/mol. The van der Waals surface area contributed by atoms with E-state index in [1.54, 1.807) is 0 Å². The van der Waals surface area contributed by atoms with Gasteiger partial charge in [-0.25, -0.2) is 4.98 Å². The third-order valence-electron chi connectivity index (χ3n) is 2.88. The van der Waals surface area contributed by atoms with Crippen LogP contribution in [-0.4, -0.2) is 16.6 Å². The third-order valence-corrected chi connectivity index (χ3v) is 3.09. The molecule has 1 aromatic heterocycles. The number of rotatable bonds is 5. The van der Waals surface area contributed by atoms with Crippen LogP contribution < -0.4 is 0 Å². The van der Waals surface area contributed by atoms with E-state index in [4.69, 9.17) is 17.0 Å². The van der Waals surface area contributed by atoms with Crippen LogP contribution in [0.3, 0.4) is 0 Å². The summed E-state index contributed by atoms with van der Waals surface area (Å²) in [6.07, 6.45) is 0.701. The van der Waals surface area contributed by atoms with Crippen molar-refractivity contribution in [3.05, 3.63) is 58.1 Å². The van der Waals surface area contributed by atoms with Crippen LogP contribution in [-0.2, 0) is 11.2 Å². The molecule has 1 heterocycles. The number of hydrogen-bond acceptors (Lipinski definition) is 3. The summed E-state index contributed by atoms with van der Waals surface area (Å²) in [6, 6.07) is 12.0. The summed E-state index contributed by atoms with van der Waals surface area (Å²) in [5.41, 5.74) is 2.16. The Labute approximate surface area is 118 Å². The predicted octanol–water partition coefficient (Wildman–Crippen LogP) is 3.83. The van der Waals surface area contributed by atoms with Gasteiger partial charge in [0.15, 0.2) is 0 Å². The van der Waals surface area contributed by atoms with Gasteiger partial charge in [0, 0.05) is 12.3 Å². The number of ether oxygens (including phenoxy) is 1. The molecule has 1 atom stereocenters. The minimum absolute atomic E-state index is 0.195. The van der Waals surface area contributed by atoms with Crippen LogP contribution in [0, 0.1) is 4.64 Å². The topological polar surface area (TPSA) is 37.9 Å². The fourth-order valence-electron chi connectivity index (χ4n) is 1.97. The highest BCUT2D eigenvalue weighted by Gasteiger charge is 2.16. The molecular formula is C15H18N2OS. The van der Waals surface area contributed by atoms with Crippen LogP contribution in [0.4, 0.5) is 0 Å². The van der Waals surface area contributed by atoms with E-state index >= 15 is 0 Å². The van der Waals surface area contributed by atoms with Gasteiger partial charge in [-0.05, 0) is 25.0 Å². The summed E-state index contributed by atoms with van der Waals surface area (Å²) in [7, 11) is 0. The van der Waals surface area contributed by atoms with Crippen LogP contribution in [0.15, 0.2) is 36.4 Å². The molecule has 2 aromatic rings. The number of nitrogens with one attached hydrogen (secondary N) is 1. The van der Waals surface area contributed by atoms with Crippen molar-refractivity contribution < 1.29 is 4.74 Å². The Hall–Kier alpha value is -1.52. The highest BCUT2D eigenvalue weighted by atomic mass is 32.1. The number of nitrogens with zero attached hydrogens (tertiary/aromatic N) is 1. The maximum Gasteiger partial charge on any atom is 0.141 e. The van der Waals surface area contributed by atoms with Crippen LogP contribution >= 0.6 is 12.2 Å². The smallest absolute Gasteiger partial charge is 0.141 e. The van der Waals surface area contributed by atoms with Crippen LogP contribution in [0.2, 0.25) is 0 Å². The maximum atomic E-state index is 5.83.